The molecule has 6 nitrogen and oxygen atoms in total. The second kappa shape index (κ2) is 6.11. The van der Waals surface area contributed by atoms with E-state index in [1.165, 1.54) is 25.9 Å². The Balaban J connectivity index is 2.07. The minimum atomic E-state index is -3.50. The number of aryl methyl sites for hydroxylation is 1. The number of pyridine rings is 1. The van der Waals surface area contributed by atoms with Crippen molar-refractivity contribution in [2.75, 3.05) is 24.1 Å². The molecule has 0 unspecified atom stereocenters. The fourth-order valence-electron chi connectivity index (χ4n) is 1.55. The Morgan fingerprint density at radius 2 is 1.62 bits per heavy atom. The van der Waals surface area contributed by atoms with E-state index < -0.39 is 10.2 Å². The molecule has 1 aromatic carbocycles. The Labute approximate surface area is 125 Å². The van der Waals surface area contributed by atoms with Gasteiger partial charge in [-0.3, -0.25) is 4.72 Å². The van der Waals surface area contributed by atoms with Crippen LogP contribution in [0.5, 0.6) is 0 Å². The Hall–Kier alpha value is -2.12. The predicted octanol–water partition coefficient (Wildman–Crippen LogP) is 2.35. The van der Waals surface area contributed by atoms with E-state index in [2.05, 4.69) is 15.0 Å². The number of anilines is 3. The van der Waals surface area contributed by atoms with E-state index in [0.29, 0.717) is 11.5 Å². The van der Waals surface area contributed by atoms with Crippen molar-refractivity contribution in [2.24, 2.45) is 0 Å². The van der Waals surface area contributed by atoms with Crippen LogP contribution in [0, 0.1) is 6.92 Å². The van der Waals surface area contributed by atoms with Gasteiger partial charge in [-0.25, -0.2) is 4.98 Å². The standard InChI is InChI=1S/C14H18N4O2S/c1-11-4-6-12(7-5-11)16-14-9-8-13(10-15-14)17-21(19,20)18(2)3/h4-10,17H,1-3H3,(H,15,16). The van der Waals surface area contributed by atoms with Gasteiger partial charge in [0.1, 0.15) is 5.82 Å². The van der Waals surface area contributed by atoms with Crippen molar-refractivity contribution in [3.05, 3.63) is 48.2 Å². The molecular weight excluding hydrogens is 288 g/mol. The van der Waals surface area contributed by atoms with Crippen molar-refractivity contribution in [2.45, 2.75) is 6.92 Å². The molecule has 0 aliphatic carbocycles. The quantitative estimate of drug-likeness (QED) is 0.889. The average molecular weight is 306 g/mol. The predicted molar refractivity (Wildman–Crippen MR) is 84.9 cm³/mol. The molecule has 0 radical (unpaired) electrons. The van der Waals surface area contributed by atoms with Crippen molar-refractivity contribution in [1.82, 2.24) is 9.29 Å². The largest absolute Gasteiger partial charge is 0.340 e. The van der Waals surface area contributed by atoms with Crippen molar-refractivity contribution < 1.29 is 8.42 Å². The third-order valence-electron chi connectivity index (χ3n) is 2.82. The first-order valence-electron chi connectivity index (χ1n) is 6.37. The highest BCUT2D eigenvalue weighted by molar-refractivity contribution is 7.90. The lowest BCUT2D eigenvalue weighted by molar-refractivity contribution is 0.527. The van der Waals surface area contributed by atoms with Crippen LogP contribution in [0.2, 0.25) is 0 Å². The molecule has 0 fully saturated rings. The lowest BCUT2D eigenvalue weighted by atomic mass is 10.2. The summed E-state index contributed by atoms with van der Waals surface area (Å²) in [5.74, 6) is 0.645. The van der Waals surface area contributed by atoms with Crippen LogP contribution >= 0.6 is 0 Å². The third kappa shape index (κ3) is 4.17. The summed E-state index contributed by atoms with van der Waals surface area (Å²) in [6, 6.07) is 11.3. The highest BCUT2D eigenvalue weighted by Crippen LogP contribution is 2.17. The highest BCUT2D eigenvalue weighted by atomic mass is 32.2. The van der Waals surface area contributed by atoms with Crippen molar-refractivity contribution >= 4 is 27.4 Å². The molecule has 0 saturated carbocycles. The van der Waals surface area contributed by atoms with E-state index in [1.54, 1.807) is 12.1 Å². The smallest absolute Gasteiger partial charge is 0.301 e. The zero-order valence-electron chi connectivity index (χ0n) is 12.2. The molecule has 7 heteroatoms. The van der Waals surface area contributed by atoms with Crippen LogP contribution in [-0.2, 0) is 10.2 Å². The van der Waals surface area contributed by atoms with E-state index >= 15 is 0 Å². The zero-order valence-corrected chi connectivity index (χ0v) is 13.0. The normalized spacial score (nSPS) is 11.4. The van der Waals surface area contributed by atoms with Gasteiger partial charge in [0, 0.05) is 19.8 Å². The first-order valence-corrected chi connectivity index (χ1v) is 7.81. The molecule has 1 aromatic heterocycles. The van der Waals surface area contributed by atoms with Gasteiger partial charge in [-0.1, -0.05) is 17.7 Å². The lowest BCUT2D eigenvalue weighted by Crippen LogP contribution is -2.28. The van der Waals surface area contributed by atoms with Gasteiger partial charge < -0.3 is 5.32 Å². The third-order valence-corrected chi connectivity index (χ3v) is 4.27. The van der Waals surface area contributed by atoms with Crippen LogP contribution in [0.25, 0.3) is 0 Å². The van der Waals surface area contributed by atoms with E-state index in [4.69, 9.17) is 0 Å². The molecule has 0 aliphatic rings. The summed E-state index contributed by atoms with van der Waals surface area (Å²) in [5, 5.41) is 3.15. The van der Waals surface area contributed by atoms with Crippen molar-refractivity contribution in [1.29, 1.82) is 0 Å². The highest BCUT2D eigenvalue weighted by Gasteiger charge is 2.12. The van der Waals surface area contributed by atoms with Gasteiger partial charge in [-0.2, -0.15) is 12.7 Å². The van der Waals surface area contributed by atoms with Gasteiger partial charge in [0.15, 0.2) is 0 Å². The van der Waals surface area contributed by atoms with Crippen LogP contribution in [0.3, 0.4) is 0 Å². The monoisotopic (exact) mass is 306 g/mol. The summed E-state index contributed by atoms with van der Waals surface area (Å²) in [7, 11) is -0.582. The second-order valence-electron chi connectivity index (χ2n) is 4.81. The molecule has 0 amide bonds. The average Bonchev–Trinajstić information content (AvgIpc) is 2.43. The number of hydrogen-bond acceptors (Lipinski definition) is 4. The number of aromatic nitrogens is 1. The minimum Gasteiger partial charge on any atom is -0.340 e. The summed E-state index contributed by atoms with van der Waals surface area (Å²) < 4.78 is 26.9. The van der Waals surface area contributed by atoms with Crippen LogP contribution < -0.4 is 10.0 Å². The van der Waals surface area contributed by atoms with E-state index in [1.807, 2.05) is 31.2 Å². The molecule has 2 aromatic rings. The van der Waals surface area contributed by atoms with Crippen molar-refractivity contribution in [3.8, 4) is 0 Å². The van der Waals surface area contributed by atoms with Crippen LogP contribution in [0.1, 0.15) is 5.56 Å². The Kier molecular flexibility index (Phi) is 4.44. The van der Waals surface area contributed by atoms with Gasteiger partial charge >= 0.3 is 10.2 Å². The first kappa shape index (κ1) is 15.3. The summed E-state index contributed by atoms with van der Waals surface area (Å²) in [6.45, 7) is 2.02. The van der Waals surface area contributed by atoms with Crippen LogP contribution in [0.4, 0.5) is 17.2 Å². The van der Waals surface area contributed by atoms with Gasteiger partial charge in [0.2, 0.25) is 0 Å². The minimum absolute atomic E-state index is 0.415. The molecule has 112 valence electrons. The summed E-state index contributed by atoms with van der Waals surface area (Å²) >= 11 is 0. The molecular formula is C14H18N4O2S. The maximum atomic E-state index is 11.7. The van der Waals surface area contributed by atoms with Crippen molar-refractivity contribution in [3.63, 3.8) is 0 Å². The molecule has 0 atom stereocenters. The van der Waals surface area contributed by atoms with Gasteiger partial charge in [-0.05, 0) is 31.2 Å². The number of hydrogen-bond donors (Lipinski definition) is 2. The molecule has 0 saturated heterocycles. The van der Waals surface area contributed by atoms with Gasteiger partial charge in [0.25, 0.3) is 0 Å². The summed E-state index contributed by atoms with van der Waals surface area (Å²) in [6.07, 6.45) is 1.47. The van der Waals surface area contributed by atoms with Crippen LogP contribution in [-0.4, -0.2) is 31.8 Å². The topological polar surface area (TPSA) is 74.3 Å². The molecule has 0 bridgehead atoms. The maximum Gasteiger partial charge on any atom is 0.301 e. The Bertz CT molecular complexity index is 695. The van der Waals surface area contributed by atoms with E-state index in [9.17, 15) is 8.42 Å². The van der Waals surface area contributed by atoms with E-state index in [-0.39, 0.29) is 0 Å². The molecule has 2 N–H and O–H groups in total. The second-order valence-corrected chi connectivity index (χ2v) is 6.70. The van der Waals surface area contributed by atoms with E-state index in [0.717, 1.165) is 9.99 Å². The number of nitrogens with one attached hydrogen (secondary N) is 2. The molecule has 0 spiro atoms. The number of benzene rings is 1. The van der Waals surface area contributed by atoms with Crippen LogP contribution in [0.15, 0.2) is 42.6 Å². The zero-order chi connectivity index (χ0) is 15.5. The van der Waals surface area contributed by atoms with Gasteiger partial charge in [0.05, 0.1) is 11.9 Å². The Morgan fingerprint density at radius 3 is 2.14 bits per heavy atom. The van der Waals surface area contributed by atoms with Gasteiger partial charge in [-0.15, -0.1) is 0 Å². The molecule has 1 heterocycles. The first-order chi connectivity index (χ1) is 9.87. The number of rotatable bonds is 5. The Morgan fingerprint density at radius 1 is 1.00 bits per heavy atom. The lowest BCUT2D eigenvalue weighted by Gasteiger charge is -2.13. The molecule has 0 aliphatic heterocycles. The fraction of sp³-hybridized carbons (Fsp3) is 0.214. The maximum absolute atomic E-state index is 11.7. The molecule has 2 rings (SSSR count). The SMILES string of the molecule is Cc1ccc(Nc2ccc(NS(=O)(=O)N(C)C)cn2)cc1. The fourth-order valence-corrected chi connectivity index (χ4v) is 2.15. The number of nitrogens with zero attached hydrogens (tertiary/aromatic N) is 2. The summed E-state index contributed by atoms with van der Waals surface area (Å²) in [4.78, 5) is 4.18. The molecule has 21 heavy (non-hydrogen) atoms. The summed E-state index contributed by atoms with van der Waals surface area (Å²) in [5.41, 5.74) is 2.52.